The summed E-state index contributed by atoms with van der Waals surface area (Å²) in [6.07, 6.45) is -3.73. The SMILES string of the molecule is Cc1ccccc1-n1c(C)nnc1Sc1ncc(C(F)(F)F)cc1Cl. The van der Waals surface area contributed by atoms with Crippen molar-refractivity contribution in [3.8, 4) is 5.69 Å². The molecule has 0 bridgehead atoms. The van der Waals surface area contributed by atoms with Crippen molar-refractivity contribution in [2.75, 3.05) is 0 Å². The van der Waals surface area contributed by atoms with Crippen LogP contribution in [0.5, 0.6) is 0 Å². The molecule has 0 spiro atoms. The molecule has 4 nitrogen and oxygen atoms in total. The number of hydrogen-bond acceptors (Lipinski definition) is 4. The number of alkyl halides is 3. The molecule has 3 aromatic rings. The largest absolute Gasteiger partial charge is 0.417 e. The van der Waals surface area contributed by atoms with Gasteiger partial charge in [-0.2, -0.15) is 13.2 Å². The molecule has 9 heteroatoms. The van der Waals surface area contributed by atoms with Gasteiger partial charge in [0.05, 0.1) is 16.3 Å². The van der Waals surface area contributed by atoms with E-state index in [2.05, 4.69) is 15.2 Å². The first kappa shape index (κ1) is 17.8. The molecule has 0 atom stereocenters. The van der Waals surface area contributed by atoms with E-state index in [-0.39, 0.29) is 10.0 Å². The minimum atomic E-state index is -4.49. The van der Waals surface area contributed by atoms with Gasteiger partial charge in [-0.1, -0.05) is 29.8 Å². The zero-order valence-electron chi connectivity index (χ0n) is 13.2. The van der Waals surface area contributed by atoms with E-state index < -0.39 is 11.7 Å². The van der Waals surface area contributed by atoms with Gasteiger partial charge >= 0.3 is 6.18 Å². The molecule has 3 rings (SSSR count). The number of aromatic nitrogens is 4. The Labute approximate surface area is 151 Å². The fourth-order valence-electron chi connectivity index (χ4n) is 2.24. The zero-order valence-corrected chi connectivity index (χ0v) is 14.7. The minimum absolute atomic E-state index is 0.0863. The Morgan fingerprint density at radius 3 is 2.48 bits per heavy atom. The highest BCUT2D eigenvalue weighted by atomic mass is 35.5. The van der Waals surface area contributed by atoms with Crippen LogP contribution in [0.4, 0.5) is 13.2 Å². The topological polar surface area (TPSA) is 43.6 Å². The Morgan fingerprint density at radius 1 is 1.12 bits per heavy atom. The Kier molecular flexibility index (Phi) is 4.75. The van der Waals surface area contributed by atoms with E-state index in [1.807, 2.05) is 35.8 Å². The van der Waals surface area contributed by atoms with E-state index in [1.54, 1.807) is 6.92 Å². The van der Waals surface area contributed by atoms with Crippen LogP contribution in [0.25, 0.3) is 5.69 Å². The van der Waals surface area contributed by atoms with E-state index in [9.17, 15) is 13.2 Å². The lowest BCUT2D eigenvalue weighted by atomic mass is 10.2. The molecule has 1 aromatic carbocycles. The first-order chi connectivity index (χ1) is 11.8. The second-order valence-corrected chi connectivity index (χ2v) is 6.63. The molecule has 25 heavy (non-hydrogen) atoms. The lowest BCUT2D eigenvalue weighted by Gasteiger charge is -2.12. The van der Waals surface area contributed by atoms with Crippen LogP contribution < -0.4 is 0 Å². The molecule has 0 saturated heterocycles. The van der Waals surface area contributed by atoms with Gasteiger partial charge < -0.3 is 0 Å². The predicted molar refractivity (Wildman–Crippen MR) is 89.2 cm³/mol. The Hall–Kier alpha value is -2.06. The Balaban J connectivity index is 1.99. The second kappa shape index (κ2) is 6.68. The number of aryl methyl sites for hydroxylation is 2. The summed E-state index contributed by atoms with van der Waals surface area (Å²) in [6.45, 7) is 3.75. The number of halogens is 4. The summed E-state index contributed by atoms with van der Waals surface area (Å²) in [7, 11) is 0. The number of para-hydroxylation sites is 1. The van der Waals surface area contributed by atoms with Gasteiger partial charge in [0.15, 0.2) is 0 Å². The normalized spacial score (nSPS) is 11.8. The molecule has 2 heterocycles. The molecule has 0 unspecified atom stereocenters. The third kappa shape index (κ3) is 3.64. The second-order valence-electron chi connectivity index (χ2n) is 5.26. The van der Waals surface area contributed by atoms with Crippen molar-refractivity contribution in [2.45, 2.75) is 30.2 Å². The highest BCUT2D eigenvalue weighted by molar-refractivity contribution is 7.99. The molecule has 0 aliphatic carbocycles. The number of rotatable bonds is 3. The monoisotopic (exact) mass is 384 g/mol. The maximum atomic E-state index is 12.7. The van der Waals surface area contributed by atoms with Crippen LogP contribution in [-0.2, 0) is 6.18 Å². The first-order valence-electron chi connectivity index (χ1n) is 7.16. The molecule has 0 amide bonds. The smallest absolute Gasteiger partial charge is 0.274 e. The minimum Gasteiger partial charge on any atom is -0.274 e. The van der Waals surface area contributed by atoms with Crippen molar-refractivity contribution in [3.05, 3.63) is 58.5 Å². The number of hydrogen-bond donors (Lipinski definition) is 0. The van der Waals surface area contributed by atoms with Crippen LogP contribution in [-0.4, -0.2) is 19.7 Å². The van der Waals surface area contributed by atoms with Gasteiger partial charge in [-0.15, -0.1) is 10.2 Å². The van der Waals surface area contributed by atoms with Crippen LogP contribution in [0.15, 0.2) is 46.7 Å². The molecule has 0 radical (unpaired) electrons. The summed E-state index contributed by atoms with van der Waals surface area (Å²) in [5.74, 6) is 0.653. The zero-order chi connectivity index (χ0) is 18.2. The molecular formula is C16H12ClF3N4S. The van der Waals surface area contributed by atoms with Gasteiger partial charge in [0.2, 0.25) is 5.16 Å². The Bertz CT molecular complexity index is 924. The van der Waals surface area contributed by atoms with E-state index in [1.165, 1.54) is 0 Å². The van der Waals surface area contributed by atoms with Crippen LogP contribution >= 0.6 is 23.4 Å². The van der Waals surface area contributed by atoms with Gasteiger partial charge in [-0.05, 0) is 43.3 Å². The van der Waals surface area contributed by atoms with Gasteiger partial charge in [0.1, 0.15) is 10.9 Å². The molecule has 130 valence electrons. The van der Waals surface area contributed by atoms with Gasteiger partial charge in [0.25, 0.3) is 0 Å². The van der Waals surface area contributed by atoms with E-state index >= 15 is 0 Å². The van der Waals surface area contributed by atoms with Crippen molar-refractivity contribution < 1.29 is 13.2 Å². The van der Waals surface area contributed by atoms with Gasteiger partial charge in [0, 0.05) is 6.20 Å². The fourth-order valence-corrected chi connectivity index (χ4v) is 3.36. The van der Waals surface area contributed by atoms with E-state index in [0.29, 0.717) is 11.0 Å². The molecule has 0 aliphatic heterocycles. The van der Waals surface area contributed by atoms with Crippen LogP contribution in [0.1, 0.15) is 17.0 Å². The standard InChI is InChI=1S/C16H12ClF3N4S/c1-9-5-3-4-6-13(9)24-10(2)22-23-15(24)25-14-12(17)7-11(8-21-14)16(18,19)20/h3-8H,1-2H3. The van der Waals surface area contributed by atoms with Gasteiger partial charge in [-0.3, -0.25) is 4.57 Å². The predicted octanol–water partition coefficient (Wildman–Crippen LogP) is 5.10. The highest BCUT2D eigenvalue weighted by Crippen LogP contribution is 2.36. The summed E-state index contributed by atoms with van der Waals surface area (Å²) in [5.41, 5.74) is 1.01. The molecule has 2 aromatic heterocycles. The molecule has 0 N–H and O–H groups in total. The molecule has 0 saturated carbocycles. The summed E-state index contributed by atoms with van der Waals surface area (Å²) in [6, 6.07) is 8.53. The van der Waals surface area contributed by atoms with E-state index in [4.69, 9.17) is 11.6 Å². The quantitative estimate of drug-likeness (QED) is 0.630. The van der Waals surface area contributed by atoms with Crippen LogP contribution in [0, 0.1) is 13.8 Å². The number of pyridine rings is 1. The first-order valence-corrected chi connectivity index (χ1v) is 8.35. The molecular weight excluding hydrogens is 373 g/mol. The third-order valence-corrected chi connectivity index (χ3v) is 4.84. The van der Waals surface area contributed by atoms with Crippen molar-refractivity contribution >= 4 is 23.4 Å². The summed E-state index contributed by atoms with van der Waals surface area (Å²) >= 11 is 7.04. The maximum Gasteiger partial charge on any atom is 0.417 e. The van der Waals surface area contributed by atoms with Crippen molar-refractivity contribution in [3.63, 3.8) is 0 Å². The van der Waals surface area contributed by atoms with Crippen LogP contribution in [0.2, 0.25) is 5.02 Å². The molecule has 0 aliphatic rings. The lowest BCUT2D eigenvalue weighted by Crippen LogP contribution is -2.06. The third-order valence-electron chi connectivity index (χ3n) is 3.47. The van der Waals surface area contributed by atoms with Crippen LogP contribution in [0.3, 0.4) is 0 Å². The highest BCUT2D eigenvalue weighted by Gasteiger charge is 2.31. The Morgan fingerprint density at radius 2 is 1.84 bits per heavy atom. The maximum absolute atomic E-state index is 12.7. The fraction of sp³-hybridized carbons (Fsp3) is 0.188. The van der Waals surface area contributed by atoms with Crippen molar-refractivity contribution in [1.82, 2.24) is 19.7 Å². The molecule has 0 fully saturated rings. The van der Waals surface area contributed by atoms with Crippen molar-refractivity contribution in [1.29, 1.82) is 0 Å². The average molecular weight is 385 g/mol. The number of benzene rings is 1. The van der Waals surface area contributed by atoms with Crippen molar-refractivity contribution in [2.24, 2.45) is 0 Å². The summed E-state index contributed by atoms with van der Waals surface area (Å²) < 4.78 is 40.0. The summed E-state index contributed by atoms with van der Waals surface area (Å²) in [5, 5.41) is 8.77. The number of nitrogens with zero attached hydrogens (tertiary/aromatic N) is 4. The average Bonchev–Trinajstić information content (AvgIpc) is 2.89. The summed E-state index contributed by atoms with van der Waals surface area (Å²) in [4.78, 5) is 3.84. The lowest BCUT2D eigenvalue weighted by molar-refractivity contribution is -0.137. The van der Waals surface area contributed by atoms with E-state index in [0.717, 1.165) is 35.3 Å². The van der Waals surface area contributed by atoms with Gasteiger partial charge in [-0.25, -0.2) is 4.98 Å².